The standard InChI is InChI=1S/C9H17NO4/c1-7(2)14-6-8(11)10-3-4-13-9(12)5-10/h7-8,11H,3-6H2,1-2H3. The van der Waals surface area contributed by atoms with Crippen LogP contribution in [0.2, 0.25) is 0 Å². The molecule has 0 bridgehead atoms. The molecule has 0 aromatic carbocycles. The van der Waals surface area contributed by atoms with Crippen LogP contribution in [0, 0.1) is 0 Å². The molecule has 5 heteroatoms. The highest BCUT2D eigenvalue weighted by molar-refractivity contribution is 5.72. The van der Waals surface area contributed by atoms with Crippen LogP contribution < -0.4 is 0 Å². The van der Waals surface area contributed by atoms with Gasteiger partial charge in [-0.2, -0.15) is 0 Å². The first-order valence-electron chi connectivity index (χ1n) is 4.79. The Hall–Kier alpha value is -0.650. The minimum Gasteiger partial charge on any atom is -0.463 e. The van der Waals surface area contributed by atoms with Crippen LogP contribution in [0.15, 0.2) is 0 Å². The minimum atomic E-state index is -0.717. The van der Waals surface area contributed by atoms with Crippen LogP contribution in [0.5, 0.6) is 0 Å². The topological polar surface area (TPSA) is 59.0 Å². The van der Waals surface area contributed by atoms with Crippen molar-refractivity contribution in [3.8, 4) is 0 Å². The molecule has 14 heavy (non-hydrogen) atoms. The molecule has 0 aromatic heterocycles. The summed E-state index contributed by atoms with van der Waals surface area (Å²) < 4.78 is 10.00. The summed E-state index contributed by atoms with van der Waals surface area (Å²) in [6.45, 7) is 5.08. The third-order valence-corrected chi connectivity index (χ3v) is 1.97. The van der Waals surface area contributed by atoms with E-state index in [1.54, 1.807) is 4.90 Å². The highest BCUT2D eigenvalue weighted by atomic mass is 16.5. The highest BCUT2D eigenvalue weighted by Crippen LogP contribution is 2.04. The van der Waals surface area contributed by atoms with Gasteiger partial charge in [0.1, 0.15) is 12.8 Å². The molecule has 0 radical (unpaired) electrons. The molecular weight excluding hydrogens is 186 g/mol. The second-order valence-corrected chi connectivity index (χ2v) is 3.55. The van der Waals surface area contributed by atoms with Gasteiger partial charge in [-0.05, 0) is 13.8 Å². The van der Waals surface area contributed by atoms with Crippen molar-refractivity contribution in [3.05, 3.63) is 0 Å². The van der Waals surface area contributed by atoms with Crippen LogP contribution in [0.1, 0.15) is 13.8 Å². The molecule has 5 nitrogen and oxygen atoms in total. The Labute approximate surface area is 83.6 Å². The molecule has 1 atom stereocenters. The second-order valence-electron chi connectivity index (χ2n) is 3.55. The number of aliphatic hydroxyl groups excluding tert-OH is 1. The molecule has 1 unspecified atom stereocenters. The number of ether oxygens (including phenoxy) is 2. The average Bonchev–Trinajstić information content (AvgIpc) is 2.14. The molecule has 1 N–H and O–H groups in total. The third kappa shape index (κ3) is 3.61. The van der Waals surface area contributed by atoms with Crippen molar-refractivity contribution in [1.82, 2.24) is 4.90 Å². The zero-order valence-electron chi connectivity index (χ0n) is 8.60. The van der Waals surface area contributed by atoms with Crippen LogP contribution in [-0.2, 0) is 14.3 Å². The smallest absolute Gasteiger partial charge is 0.320 e. The maximum atomic E-state index is 10.9. The monoisotopic (exact) mass is 203 g/mol. The maximum absolute atomic E-state index is 10.9. The van der Waals surface area contributed by atoms with Gasteiger partial charge in [0, 0.05) is 6.54 Å². The zero-order valence-corrected chi connectivity index (χ0v) is 8.60. The van der Waals surface area contributed by atoms with Crippen molar-refractivity contribution in [2.75, 3.05) is 26.3 Å². The van der Waals surface area contributed by atoms with Gasteiger partial charge in [0.2, 0.25) is 0 Å². The van der Waals surface area contributed by atoms with Crippen molar-refractivity contribution >= 4 is 5.97 Å². The predicted octanol–water partition coefficient (Wildman–Crippen LogP) is -0.411. The Morgan fingerprint density at radius 3 is 2.93 bits per heavy atom. The van der Waals surface area contributed by atoms with Gasteiger partial charge in [0.25, 0.3) is 0 Å². The van der Waals surface area contributed by atoms with Gasteiger partial charge in [-0.3, -0.25) is 9.69 Å². The first-order chi connectivity index (χ1) is 6.59. The van der Waals surface area contributed by atoms with E-state index in [-0.39, 0.29) is 25.2 Å². The molecule has 0 amide bonds. The Morgan fingerprint density at radius 2 is 2.36 bits per heavy atom. The molecule has 0 saturated carbocycles. The molecular formula is C9H17NO4. The minimum absolute atomic E-state index is 0.0846. The Kier molecular flexibility index (Phi) is 4.31. The van der Waals surface area contributed by atoms with Gasteiger partial charge in [-0.15, -0.1) is 0 Å². The van der Waals surface area contributed by atoms with E-state index in [1.807, 2.05) is 13.8 Å². The number of hydrogen-bond donors (Lipinski definition) is 1. The zero-order chi connectivity index (χ0) is 10.6. The van der Waals surface area contributed by atoms with Crippen LogP contribution in [0.3, 0.4) is 0 Å². The van der Waals surface area contributed by atoms with Gasteiger partial charge in [0.05, 0.1) is 19.3 Å². The number of carbonyl (C=O) groups excluding carboxylic acids is 1. The normalized spacial score (nSPS) is 21.0. The summed E-state index contributed by atoms with van der Waals surface area (Å²) in [5, 5.41) is 9.63. The molecule has 0 aliphatic carbocycles. The molecule has 0 spiro atoms. The van der Waals surface area contributed by atoms with E-state index in [9.17, 15) is 9.90 Å². The summed E-state index contributed by atoms with van der Waals surface area (Å²) in [5.41, 5.74) is 0. The van der Waals surface area contributed by atoms with Crippen molar-refractivity contribution in [2.24, 2.45) is 0 Å². The fraction of sp³-hybridized carbons (Fsp3) is 0.889. The predicted molar refractivity (Wildman–Crippen MR) is 49.6 cm³/mol. The lowest BCUT2D eigenvalue weighted by atomic mass is 10.4. The van der Waals surface area contributed by atoms with Gasteiger partial charge in [-0.25, -0.2) is 0 Å². The number of cyclic esters (lactones) is 1. The summed E-state index contributed by atoms with van der Waals surface area (Å²) in [5.74, 6) is -0.292. The van der Waals surface area contributed by atoms with E-state index in [2.05, 4.69) is 0 Å². The number of aliphatic hydroxyl groups is 1. The largest absolute Gasteiger partial charge is 0.463 e. The molecule has 1 aliphatic rings. The van der Waals surface area contributed by atoms with E-state index in [4.69, 9.17) is 9.47 Å². The Bertz CT molecular complexity index is 195. The van der Waals surface area contributed by atoms with Gasteiger partial charge >= 0.3 is 5.97 Å². The molecule has 82 valence electrons. The van der Waals surface area contributed by atoms with E-state index in [0.29, 0.717) is 13.2 Å². The molecule has 1 saturated heterocycles. The molecule has 1 aliphatic heterocycles. The Morgan fingerprint density at radius 1 is 1.64 bits per heavy atom. The third-order valence-electron chi connectivity index (χ3n) is 1.97. The van der Waals surface area contributed by atoms with Gasteiger partial charge in [0.15, 0.2) is 0 Å². The maximum Gasteiger partial charge on any atom is 0.320 e. The fourth-order valence-electron chi connectivity index (χ4n) is 1.21. The number of hydrogen-bond acceptors (Lipinski definition) is 5. The van der Waals surface area contributed by atoms with E-state index in [1.165, 1.54) is 0 Å². The van der Waals surface area contributed by atoms with Crippen molar-refractivity contribution < 1.29 is 19.4 Å². The summed E-state index contributed by atoms with van der Waals surface area (Å²) in [7, 11) is 0. The summed E-state index contributed by atoms with van der Waals surface area (Å²) >= 11 is 0. The number of esters is 1. The Balaban J connectivity index is 2.28. The van der Waals surface area contributed by atoms with Gasteiger partial charge in [-0.1, -0.05) is 0 Å². The lowest BCUT2D eigenvalue weighted by Crippen LogP contribution is -2.47. The lowest BCUT2D eigenvalue weighted by molar-refractivity contribution is -0.160. The van der Waals surface area contributed by atoms with Gasteiger partial charge < -0.3 is 14.6 Å². The van der Waals surface area contributed by atoms with Crippen LogP contribution in [0.25, 0.3) is 0 Å². The number of nitrogens with zero attached hydrogens (tertiary/aromatic N) is 1. The van der Waals surface area contributed by atoms with Crippen LogP contribution in [0.4, 0.5) is 0 Å². The molecule has 1 fully saturated rings. The van der Waals surface area contributed by atoms with E-state index in [0.717, 1.165) is 0 Å². The van der Waals surface area contributed by atoms with Crippen LogP contribution in [-0.4, -0.2) is 54.6 Å². The van der Waals surface area contributed by atoms with Crippen molar-refractivity contribution in [2.45, 2.75) is 26.2 Å². The SMILES string of the molecule is CC(C)OCC(O)N1CCOC(=O)C1. The second kappa shape index (κ2) is 5.29. The van der Waals surface area contributed by atoms with Crippen molar-refractivity contribution in [3.63, 3.8) is 0 Å². The summed E-state index contributed by atoms with van der Waals surface area (Å²) in [4.78, 5) is 12.5. The lowest BCUT2D eigenvalue weighted by Gasteiger charge is -2.30. The first kappa shape index (κ1) is 11.4. The first-order valence-corrected chi connectivity index (χ1v) is 4.79. The van der Waals surface area contributed by atoms with E-state index >= 15 is 0 Å². The molecule has 1 heterocycles. The summed E-state index contributed by atoms with van der Waals surface area (Å²) in [6, 6.07) is 0. The summed E-state index contributed by atoms with van der Waals surface area (Å²) in [6.07, 6.45) is -0.633. The van der Waals surface area contributed by atoms with Crippen LogP contribution >= 0.6 is 0 Å². The number of morpholine rings is 1. The molecule has 0 aromatic rings. The highest BCUT2D eigenvalue weighted by Gasteiger charge is 2.23. The molecule has 1 rings (SSSR count). The van der Waals surface area contributed by atoms with E-state index < -0.39 is 6.23 Å². The average molecular weight is 203 g/mol. The quantitative estimate of drug-likeness (QED) is 0.629. The number of rotatable bonds is 4. The fourth-order valence-corrected chi connectivity index (χ4v) is 1.21. The van der Waals surface area contributed by atoms with Crippen molar-refractivity contribution in [1.29, 1.82) is 0 Å². The number of carbonyl (C=O) groups is 1.